The Labute approximate surface area is 127 Å². The third kappa shape index (κ3) is 3.48. The highest BCUT2D eigenvalue weighted by Gasteiger charge is 2.32. The van der Waals surface area contributed by atoms with E-state index in [0.717, 1.165) is 19.1 Å². The van der Waals surface area contributed by atoms with Crippen molar-refractivity contribution in [2.24, 2.45) is 0 Å². The summed E-state index contributed by atoms with van der Waals surface area (Å²) in [5.74, 6) is 0. The molecule has 21 heavy (non-hydrogen) atoms. The van der Waals surface area contributed by atoms with Crippen LogP contribution in [0.4, 0.5) is 0 Å². The Kier molecular flexibility index (Phi) is 4.64. The summed E-state index contributed by atoms with van der Waals surface area (Å²) in [5.41, 5.74) is 1.81. The summed E-state index contributed by atoms with van der Waals surface area (Å²) in [7, 11) is -1.37. The molecule has 0 saturated carbocycles. The molecule has 2 saturated heterocycles. The van der Waals surface area contributed by atoms with Crippen molar-refractivity contribution in [3.05, 3.63) is 29.8 Å². The van der Waals surface area contributed by atoms with E-state index in [2.05, 4.69) is 16.7 Å². The molecule has 2 aliphatic rings. The minimum Gasteiger partial charge on any atom is -0.423 e. The van der Waals surface area contributed by atoms with Crippen LogP contribution in [0, 0.1) is 0 Å². The number of benzene rings is 1. The summed E-state index contributed by atoms with van der Waals surface area (Å²) in [6.45, 7) is 6.87. The van der Waals surface area contributed by atoms with E-state index in [9.17, 15) is 0 Å². The van der Waals surface area contributed by atoms with Gasteiger partial charge in [0.05, 0.1) is 0 Å². The molecule has 4 nitrogen and oxygen atoms in total. The topological polar surface area (TPSA) is 46.9 Å². The normalized spacial score (nSPS) is 27.4. The first-order chi connectivity index (χ1) is 10.1. The van der Waals surface area contributed by atoms with Gasteiger partial charge in [0.25, 0.3) is 0 Å². The zero-order valence-electron chi connectivity index (χ0n) is 12.8. The van der Waals surface area contributed by atoms with Gasteiger partial charge in [-0.25, -0.2) is 0 Å². The van der Waals surface area contributed by atoms with Crippen LogP contribution in [-0.2, 0) is 6.54 Å². The molecule has 0 aliphatic carbocycles. The predicted octanol–water partition coefficient (Wildman–Crippen LogP) is 0.425. The number of piperidine rings is 1. The van der Waals surface area contributed by atoms with E-state index >= 15 is 0 Å². The fourth-order valence-electron chi connectivity index (χ4n) is 3.66. The van der Waals surface area contributed by atoms with Crippen LogP contribution in [0.1, 0.15) is 31.7 Å². The number of piperazine rings is 1. The lowest BCUT2D eigenvalue weighted by Gasteiger charge is -2.47. The quantitative estimate of drug-likeness (QED) is 0.792. The van der Waals surface area contributed by atoms with Crippen molar-refractivity contribution in [1.82, 2.24) is 9.80 Å². The fraction of sp³-hybridized carbons (Fsp3) is 0.625. The van der Waals surface area contributed by atoms with E-state index in [0.29, 0.717) is 11.5 Å². The van der Waals surface area contributed by atoms with Crippen molar-refractivity contribution >= 4 is 12.6 Å². The molecule has 2 atom stereocenters. The molecule has 0 spiro atoms. The maximum absolute atomic E-state index is 9.15. The first-order valence-electron chi connectivity index (χ1n) is 8.06. The fourth-order valence-corrected chi connectivity index (χ4v) is 3.66. The minimum atomic E-state index is -1.37. The van der Waals surface area contributed by atoms with Gasteiger partial charge >= 0.3 is 7.12 Å². The van der Waals surface area contributed by atoms with Gasteiger partial charge in [-0.3, -0.25) is 9.80 Å². The summed E-state index contributed by atoms with van der Waals surface area (Å²) in [6.07, 6.45) is 4.06. The number of hydrogen-bond acceptors (Lipinski definition) is 4. The van der Waals surface area contributed by atoms with Crippen molar-refractivity contribution in [3.63, 3.8) is 0 Å². The molecule has 2 N–H and O–H groups in total. The molecule has 0 radical (unpaired) electrons. The first-order valence-corrected chi connectivity index (χ1v) is 8.06. The molecule has 2 heterocycles. The lowest BCUT2D eigenvalue weighted by molar-refractivity contribution is 0.0111. The first kappa shape index (κ1) is 15.0. The number of nitrogens with zero attached hydrogens (tertiary/aromatic N) is 2. The molecule has 0 amide bonds. The van der Waals surface area contributed by atoms with Gasteiger partial charge in [0.2, 0.25) is 0 Å². The Bertz CT molecular complexity index is 466. The average molecular weight is 288 g/mol. The number of hydrogen-bond donors (Lipinski definition) is 2. The van der Waals surface area contributed by atoms with Crippen LogP contribution in [0.25, 0.3) is 0 Å². The van der Waals surface area contributed by atoms with Gasteiger partial charge in [-0.05, 0) is 37.3 Å². The Balaban J connectivity index is 1.63. The second-order valence-corrected chi connectivity index (χ2v) is 6.54. The van der Waals surface area contributed by atoms with Gasteiger partial charge < -0.3 is 10.0 Å². The van der Waals surface area contributed by atoms with Crippen LogP contribution < -0.4 is 5.46 Å². The highest BCUT2D eigenvalue weighted by Crippen LogP contribution is 2.25. The van der Waals surface area contributed by atoms with E-state index in [1.54, 1.807) is 0 Å². The summed E-state index contributed by atoms with van der Waals surface area (Å²) in [4.78, 5) is 5.23. The van der Waals surface area contributed by atoms with Crippen LogP contribution in [0.5, 0.6) is 0 Å². The summed E-state index contributed by atoms with van der Waals surface area (Å²) >= 11 is 0. The second kappa shape index (κ2) is 6.49. The van der Waals surface area contributed by atoms with E-state index in [1.165, 1.54) is 37.9 Å². The maximum atomic E-state index is 9.15. The monoisotopic (exact) mass is 288 g/mol. The highest BCUT2D eigenvalue weighted by molar-refractivity contribution is 6.58. The molecule has 2 unspecified atom stereocenters. The van der Waals surface area contributed by atoms with Gasteiger partial charge in [0.15, 0.2) is 0 Å². The van der Waals surface area contributed by atoms with E-state index < -0.39 is 7.12 Å². The smallest absolute Gasteiger partial charge is 0.423 e. The maximum Gasteiger partial charge on any atom is 0.488 e. The van der Waals surface area contributed by atoms with Gasteiger partial charge in [-0.2, -0.15) is 0 Å². The summed E-state index contributed by atoms with van der Waals surface area (Å²) in [5, 5.41) is 18.3. The lowest BCUT2D eigenvalue weighted by atomic mass is 9.80. The van der Waals surface area contributed by atoms with Gasteiger partial charge in [-0.15, -0.1) is 0 Å². The van der Waals surface area contributed by atoms with Crippen LogP contribution >= 0.6 is 0 Å². The third-order valence-corrected chi connectivity index (χ3v) is 4.98. The molecule has 2 fully saturated rings. The van der Waals surface area contributed by atoms with Crippen molar-refractivity contribution in [2.45, 2.75) is 44.8 Å². The zero-order chi connectivity index (χ0) is 14.8. The van der Waals surface area contributed by atoms with Crippen molar-refractivity contribution < 1.29 is 10.0 Å². The van der Waals surface area contributed by atoms with Crippen molar-refractivity contribution in [1.29, 1.82) is 0 Å². The van der Waals surface area contributed by atoms with E-state index in [1.807, 2.05) is 24.3 Å². The van der Waals surface area contributed by atoms with Gasteiger partial charge in [0.1, 0.15) is 0 Å². The van der Waals surface area contributed by atoms with E-state index in [4.69, 9.17) is 10.0 Å². The van der Waals surface area contributed by atoms with Gasteiger partial charge in [0, 0.05) is 31.7 Å². The Morgan fingerprint density at radius 3 is 2.62 bits per heavy atom. The molecule has 1 aromatic carbocycles. The molecule has 3 rings (SSSR count). The SMILES string of the molecule is CC1CN2CCCCC2CN1Cc1ccc(B(O)O)cc1. The minimum absolute atomic E-state index is 0.559. The predicted molar refractivity (Wildman–Crippen MR) is 85.4 cm³/mol. The summed E-state index contributed by atoms with van der Waals surface area (Å²) in [6, 6.07) is 8.95. The van der Waals surface area contributed by atoms with Crippen LogP contribution in [0.15, 0.2) is 24.3 Å². The average Bonchev–Trinajstić information content (AvgIpc) is 2.48. The molecule has 114 valence electrons. The van der Waals surface area contributed by atoms with Crippen molar-refractivity contribution in [2.75, 3.05) is 19.6 Å². The highest BCUT2D eigenvalue weighted by atomic mass is 16.4. The molecule has 1 aromatic rings. The van der Waals surface area contributed by atoms with Crippen molar-refractivity contribution in [3.8, 4) is 0 Å². The Hall–Kier alpha value is -0.875. The molecular formula is C16H25BN2O2. The largest absolute Gasteiger partial charge is 0.488 e. The van der Waals surface area contributed by atoms with E-state index in [-0.39, 0.29) is 0 Å². The second-order valence-electron chi connectivity index (χ2n) is 6.54. The molecule has 0 aromatic heterocycles. The van der Waals surface area contributed by atoms with Crippen LogP contribution in [0.3, 0.4) is 0 Å². The standard InChI is InChI=1S/C16H25BN2O2/c1-13-10-18-9-3-2-4-16(18)12-19(13)11-14-5-7-15(8-6-14)17(20)21/h5-8,13,16,20-21H,2-4,9-12H2,1H3. The third-order valence-electron chi connectivity index (χ3n) is 4.98. The Morgan fingerprint density at radius 2 is 1.90 bits per heavy atom. The molecule has 2 aliphatic heterocycles. The van der Waals surface area contributed by atoms with Crippen LogP contribution in [0.2, 0.25) is 0 Å². The number of fused-ring (bicyclic) bond motifs is 1. The lowest BCUT2D eigenvalue weighted by Crippen LogP contribution is -2.58. The van der Waals surface area contributed by atoms with Crippen LogP contribution in [-0.4, -0.2) is 58.7 Å². The summed E-state index contributed by atoms with van der Waals surface area (Å²) < 4.78 is 0. The Morgan fingerprint density at radius 1 is 1.14 bits per heavy atom. The molecular weight excluding hydrogens is 263 g/mol. The number of rotatable bonds is 3. The molecule has 5 heteroatoms. The molecule has 0 bridgehead atoms. The van der Waals surface area contributed by atoms with Gasteiger partial charge in [-0.1, -0.05) is 30.7 Å². The zero-order valence-corrected chi connectivity index (χ0v) is 12.8.